The Morgan fingerprint density at radius 1 is 1.20 bits per heavy atom. The first-order valence-corrected chi connectivity index (χ1v) is 8.42. The number of nitriles is 1. The third kappa shape index (κ3) is 2.86. The van der Waals surface area contributed by atoms with Crippen LogP contribution in [0.2, 0.25) is 0 Å². The van der Waals surface area contributed by atoms with Crippen molar-refractivity contribution in [3.05, 3.63) is 59.7 Å². The molecule has 2 bridgehead atoms. The van der Waals surface area contributed by atoms with Crippen molar-refractivity contribution in [2.75, 3.05) is 18.5 Å². The molecule has 0 N–H and O–H groups in total. The summed E-state index contributed by atoms with van der Waals surface area (Å²) < 4.78 is 6.17. The number of carbonyl (C=O) groups is 1. The highest BCUT2D eigenvalue weighted by molar-refractivity contribution is 5.98. The van der Waals surface area contributed by atoms with E-state index in [1.165, 1.54) is 0 Å². The number of para-hydroxylation sites is 2. The molecule has 4 rings (SSSR count). The van der Waals surface area contributed by atoms with Gasteiger partial charge in [-0.3, -0.25) is 9.69 Å². The summed E-state index contributed by atoms with van der Waals surface area (Å²) in [6.45, 7) is 1.39. The molecule has 5 heteroatoms. The van der Waals surface area contributed by atoms with Crippen molar-refractivity contribution in [1.82, 2.24) is 4.90 Å². The first-order chi connectivity index (χ1) is 12.2. The number of hydrogen-bond donors (Lipinski definition) is 0. The van der Waals surface area contributed by atoms with Gasteiger partial charge in [0.2, 0.25) is 5.91 Å². The van der Waals surface area contributed by atoms with Crippen molar-refractivity contribution < 1.29 is 9.53 Å². The van der Waals surface area contributed by atoms with Crippen LogP contribution in [0.5, 0.6) is 5.75 Å². The number of benzene rings is 2. The summed E-state index contributed by atoms with van der Waals surface area (Å²) in [6.07, 6.45) is 0.718. The minimum absolute atomic E-state index is 0.0159. The van der Waals surface area contributed by atoms with Gasteiger partial charge in [-0.2, -0.15) is 5.26 Å². The lowest BCUT2D eigenvalue weighted by Gasteiger charge is -2.29. The summed E-state index contributed by atoms with van der Waals surface area (Å²) in [5.41, 5.74) is 2.56. The minimum atomic E-state index is -0.181. The number of likely N-dealkylation sites (tertiary alicyclic amines) is 1. The van der Waals surface area contributed by atoms with Gasteiger partial charge in [0.25, 0.3) is 0 Å². The summed E-state index contributed by atoms with van der Waals surface area (Å²) in [7, 11) is 1.81. The number of ether oxygens (including phenoxy) is 1. The normalized spacial score (nSPS) is 22.6. The first kappa shape index (κ1) is 15.7. The molecule has 2 aliphatic heterocycles. The van der Waals surface area contributed by atoms with Crippen LogP contribution in [-0.4, -0.2) is 36.5 Å². The van der Waals surface area contributed by atoms with Gasteiger partial charge in [0.15, 0.2) is 0 Å². The molecule has 1 fully saturated rings. The van der Waals surface area contributed by atoms with Gasteiger partial charge in [0.05, 0.1) is 23.4 Å². The van der Waals surface area contributed by atoms with Crippen LogP contribution in [0.25, 0.3) is 0 Å². The topological polar surface area (TPSA) is 56.6 Å². The fraction of sp³-hybridized carbons (Fsp3) is 0.300. The van der Waals surface area contributed by atoms with E-state index in [0.717, 1.165) is 23.5 Å². The fourth-order valence-corrected chi connectivity index (χ4v) is 3.65. The number of rotatable bonds is 2. The SMILES string of the molecule is CN1C(=O)[C@@H]2C[C@@H](CN2Cc2ccc(C#N)cc2)Oc2ccccc21. The summed E-state index contributed by atoms with van der Waals surface area (Å²) in [6, 6.07) is 17.2. The van der Waals surface area contributed by atoms with Crippen LogP contribution in [0.3, 0.4) is 0 Å². The van der Waals surface area contributed by atoms with Gasteiger partial charge in [-0.05, 0) is 29.8 Å². The van der Waals surface area contributed by atoms with Crippen molar-refractivity contribution in [1.29, 1.82) is 5.26 Å². The van der Waals surface area contributed by atoms with Gasteiger partial charge in [0, 0.05) is 26.6 Å². The zero-order valence-electron chi connectivity index (χ0n) is 14.1. The van der Waals surface area contributed by atoms with E-state index in [9.17, 15) is 4.79 Å². The minimum Gasteiger partial charge on any atom is -0.487 e. The largest absolute Gasteiger partial charge is 0.487 e. The average Bonchev–Trinajstić information content (AvgIpc) is 3.04. The standard InChI is InChI=1S/C20H19N3O2/c1-22-17-4-2-3-5-19(17)25-16-10-18(20(22)24)23(13-16)12-15-8-6-14(11-21)7-9-15/h2-9,16,18H,10,12-13H2,1H3/t16-,18-/m0/s1. The monoisotopic (exact) mass is 333 g/mol. The maximum absolute atomic E-state index is 13.0. The molecule has 5 nitrogen and oxygen atoms in total. The van der Waals surface area contributed by atoms with Crippen LogP contribution in [0, 0.1) is 11.3 Å². The second-order valence-corrected chi connectivity index (χ2v) is 6.59. The third-order valence-corrected chi connectivity index (χ3v) is 4.97. The first-order valence-electron chi connectivity index (χ1n) is 8.42. The Balaban J connectivity index is 1.59. The second kappa shape index (κ2) is 6.23. The molecule has 2 aromatic carbocycles. The Morgan fingerprint density at radius 2 is 1.96 bits per heavy atom. The van der Waals surface area contributed by atoms with Crippen molar-refractivity contribution in [3.63, 3.8) is 0 Å². The molecule has 2 aromatic rings. The van der Waals surface area contributed by atoms with E-state index in [0.29, 0.717) is 18.5 Å². The van der Waals surface area contributed by atoms with E-state index in [4.69, 9.17) is 10.00 Å². The van der Waals surface area contributed by atoms with Crippen molar-refractivity contribution in [2.45, 2.75) is 25.1 Å². The van der Waals surface area contributed by atoms with Crippen molar-refractivity contribution in [3.8, 4) is 11.8 Å². The Morgan fingerprint density at radius 3 is 2.72 bits per heavy atom. The lowest BCUT2D eigenvalue weighted by Crippen LogP contribution is -2.44. The molecule has 126 valence electrons. The molecule has 25 heavy (non-hydrogen) atoms. The molecular formula is C20H19N3O2. The molecule has 1 saturated heterocycles. The van der Waals surface area contributed by atoms with Gasteiger partial charge in [-0.25, -0.2) is 0 Å². The lowest BCUT2D eigenvalue weighted by molar-refractivity contribution is -0.122. The van der Waals surface area contributed by atoms with Crippen LogP contribution in [0.1, 0.15) is 17.5 Å². The average molecular weight is 333 g/mol. The number of hydrogen-bond acceptors (Lipinski definition) is 4. The summed E-state index contributed by atoms with van der Waals surface area (Å²) in [5, 5.41) is 8.92. The van der Waals surface area contributed by atoms with E-state index in [2.05, 4.69) is 11.0 Å². The van der Waals surface area contributed by atoms with E-state index >= 15 is 0 Å². The van der Waals surface area contributed by atoms with Crippen LogP contribution in [0.4, 0.5) is 5.69 Å². The maximum Gasteiger partial charge on any atom is 0.244 e. The zero-order valence-corrected chi connectivity index (χ0v) is 14.1. The smallest absolute Gasteiger partial charge is 0.244 e. The molecule has 2 aliphatic rings. The number of amides is 1. The van der Waals surface area contributed by atoms with E-state index < -0.39 is 0 Å². The number of carbonyl (C=O) groups excluding carboxylic acids is 1. The van der Waals surface area contributed by atoms with Crippen molar-refractivity contribution in [2.24, 2.45) is 0 Å². The summed E-state index contributed by atoms with van der Waals surface area (Å²) in [4.78, 5) is 16.9. The Labute approximate surface area is 147 Å². The molecule has 0 saturated carbocycles. The summed E-state index contributed by atoms with van der Waals surface area (Å²) >= 11 is 0. The number of likely N-dealkylation sites (N-methyl/N-ethyl adjacent to an activating group) is 1. The van der Waals surface area contributed by atoms with Crippen LogP contribution in [-0.2, 0) is 11.3 Å². The Bertz CT molecular complexity index is 841. The molecule has 1 amide bonds. The third-order valence-electron chi connectivity index (χ3n) is 4.97. The zero-order chi connectivity index (χ0) is 17.4. The molecular weight excluding hydrogens is 314 g/mol. The predicted octanol–water partition coefficient (Wildman–Crippen LogP) is 2.56. The van der Waals surface area contributed by atoms with E-state index in [1.54, 1.807) is 4.90 Å². The van der Waals surface area contributed by atoms with Gasteiger partial charge in [-0.15, -0.1) is 0 Å². The molecule has 2 heterocycles. The highest BCUT2D eigenvalue weighted by Crippen LogP contribution is 2.35. The molecule has 0 unspecified atom stereocenters. The lowest BCUT2D eigenvalue weighted by atomic mass is 10.1. The van der Waals surface area contributed by atoms with Crippen LogP contribution < -0.4 is 9.64 Å². The van der Waals surface area contributed by atoms with Gasteiger partial charge < -0.3 is 9.64 Å². The Kier molecular flexibility index (Phi) is 3.90. The van der Waals surface area contributed by atoms with Gasteiger partial charge >= 0.3 is 0 Å². The Hall–Kier alpha value is -2.84. The molecule has 0 radical (unpaired) electrons. The van der Waals surface area contributed by atoms with Gasteiger partial charge in [0.1, 0.15) is 11.9 Å². The second-order valence-electron chi connectivity index (χ2n) is 6.59. The van der Waals surface area contributed by atoms with E-state index in [1.807, 2.05) is 55.6 Å². The maximum atomic E-state index is 13.0. The molecule has 0 aliphatic carbocycles. The van der Waals surface area contributed by atoms with Crippen LogP contribution >= 0.6 is 0 Å². The van der Waals surface area contributed by atoms with E-state index in [-0.39, 0.29) is 18.1 Å². The molecule has 0 aromatic heterocycles. The highest BCUT2D eigenvalue weighted by atomic mass is 16.5. The molecule has 2 atom stereocenters. The van der Waals surface area contributed by atoms with Gasteiger partial charge in [-0.1, -0.05) is 24.3 Å². The number of nitrogens with zero attached hydrogens (tertiary/aromatic N) is 3. The van der Waals surface area contributed by atoms with Crippen molar-refractivity contribution >= 4 is 11.6 Å². The number of fused-ring (bicyclic) bond motifs is 3. The predicted molar refractivity (Wildman–Crippen MR) is 94.2 cm³/mol. The number of anilines is 1. The van der Waals surface area contributed by atoms with Crippen LogP contribution in [0.15, 0.2) is 48.5 Å². The quantitative estimate of drug-likeness (QED) is 0.847. The molecule has 0 spiro atoms. The highest BCUT2D eigenvalue weighted by Gasteiger charge is 2.41. The fourth-order valence-electron chi connectivity index (χ4n) is 3.65. The summed E-state index contributed by atoms with van der Waals surface area (Å²) in [5.74, 6) is 0.869.